The fraction of sp³-hybridized carbons (Fsp3) is 1.00. The van der Waals surface area contributed by atoms with Gasteiger partial charge in [-0.3, -0.25) is 0 Å². The van der Waals surface area contributed by atoms with Crippen LogP contribution in [-0.4, -0.2) is 48.4 Å². The topological polar surface area (TPSA) is 21.7 Å². The van der Waals surface area contributed by atoms with E-state index in [4.69, 9.17) is 9.47 Å². The summed E-state index contributed by atoms with van der Waals surface area (Å²) in [6.07, 6.45) is 0. The van der Waals surface area contributed by atoms with Gasteiger partial charge in [-0.1, -0.05) is 0 Å². The standard InChI is InChI=1S/C8H18O.C6H15N.C5H12O/c1-7(2,3)9-8(4,5)6;1-6(2,3)7(4)5;1-5(2,3)6-4/h1-6H3;1-5H3;1-4H3. The molecule has 0 aromatic carbocycles. The van der Waals surface area contributed by atoms with Crippen LogP contribution in [0.5, 0.6) is 0 Å². The van der Waals surface area contributed by atoms with Crippen LogP contribution >= 0.6 is 0 Å². The van der Waals surface area contributed by atoms with Gasteiger partial charge in [-0.25, -0.2) is 0 Å². The Kier molecular flexibility index (Phi) is 12.0. The molecular formula is C19H45NO2. The zero-order valence-electron chi connectivity index (χ0n) is 18.3. The molecule has 0 radical (unpaired) electrons. The average molecular weight is 320 g/mol. The Balaban J connectivity index is -0.000000252. The van der Waals surface area contributed by atoms with Gasteiger partial charge in [-0.2, -0.15) is 0 Å². The van der Waals surface area contributed by atoms with Crippen LogP contribution in [0.15, 0.2) is 0 Å². The molecule has 0 saturated heterocycles. The van der Waals surface area contributed by atoms with Crippen molar-refractivity contribution >= 4 is 0 Å². The van der Waals surface area contributed by atoms with E-state index in [0.29, 0.717) is 5.54 Å². The highest BCUT2D eigenvalue weighted by Crippen LogP contribution is 2.18. The molecule has 0 aromatic rings. The van der Waals surface area contributed by atoms with E-state index in [-0.39, 0.29) is 16.8 Å². The normalized spacial score (nSPS) is 13.1. The Morgan fingerprint density at radius 2 is 0.727 bits per heavy atom. The lowest BCUT2D eigenvalue weighted by Gasteiger charge is -2.30. The van der Waals surface area contributed by atoms with Gasteiger partial charge >= 0.3 is 0 Å². The molecule has 0 spiro atoms. The minimum Gasteiger partial charge on any atom is -0.379 e. The van der Waals surface area contributed by atoms with Crippen LogP contribution in [0.25, 0.3) is 0 Å². The van der Waals surface area contributed by atoms with Crippen molar-refractivity contribution in [2.24, 2.45) is 0 Å². The largest absolute Gasteiger partial charge is 0.379 e. The number of hydrogen-bond donors (Lipinski definition) is 0. The fourth-order valence-corrected chi connectivity index (χ4v) is 0.919. The van der Waals surface area contributed by atoms with Crippen molar-refractivity contribution in [3.63, 3.8) is 0 Å². The summed E-state index contributed by atoms with van der Waals surface area (Å²) in [7, 11) is 5.88. The monoisotopic (exact) mass is 319 g/mol. The zero-order chi connectivity index (χ0) is 19.0. The fourth-order valence-electron chi connectivity index (χ4n) is 0.919. The summed E-state index contributed by atoms with van der Waals surface area (Å²) in [4.78, 5) is 2.19. The Labute approximate surface area is 141 Å². The van der Waals surface area contributed by atoms with E-state index < -0.39 is 0 Å². The van der Waals surface area contributed by atoms with Gasteiger partial charge in [0.05, 0.1) is 16.8 Å². The van der Waals surface area contributed by atoms with E-state index in [9.17, 15) is 0 Å². The van der Waals surface area contributed by atoms with E-state index >= 15 is 0 Å². The van der Waals surface area contributed by atoms with Crippen LogP contribution in [-0.2, 0) is 9.47 Å². The Bertz CT molecular complexity index is 245. The second kappa shape index (κ2) is 9.89. The van der Waals surface area contributed by atoms with E-state index in [1.54, 1.807) is 7.11 Å². The van der Waals surface area contributed by atoms with Crippen molar-refractivity contribution in [1.29, 1.82) is 0 Å². The molecule has 0 atom stereocenters. The third-order valence-electron chi connectivity index (χ3n) is 2.57. The Morgan fingerprint density at radius 1 is 0.545 bits per heavy atom. The second-order valence-corrected chi connectivity index (χ2v) is 9.71. The summed E-state index contributed by atoms with van der Waals surface area (Å²) < 4.78 is 10.6. The number of rotatable bonds is 0. The maximum atomic E-state index is 5.62. The number of methoxy groups -OCH3 is 1. The molecule has 138 valence electrons. The van der Waals surface area contributed by atoms with Crippen LogP contribution in [0.3, 0.4) is 0 Å². The molecule has 3 nitrogen and oxygen atoms in total. The molecule has 0 fully saturated rings. The van der Waals surface area contributed by atoms with Crippen LogP contribution in [0, 0.1) is 0 Å². The van der Waals surface area contributed by atoms with Crippen molar-refractivity contribution in [3.05, 3.63) is 0 Å². The average Bonchev–Trinajstić information content (AvgIpc) is 2.10. The lowest BCUT2D eigenvalue weighted by atomic mass is 10.1. The molecule has 0 saturated carbocycles. The summed E-state index contributed by atoms with van der Waals surface area (Å²) in [5, 5.41) is 0. The lowest BCUT2D eigenvalue weighted by Crippen LogP contribution is -2.34. The van der Waals surface area contributed by atoms with E-state index in [1.807, 2.05) is 20.8 Å². The summed E-state index contributed by atoms with van der Waals surface area (Å²) in [6, 6.07) is 0. The molecule has 0 amide bonds. The van der Waals surface area contributed by atoms with Crippen molar-refractivity contribution in [3.8, 4) is 0 Å². The molecule has 0 bridgehead atoms. The van der Waals surface area contributed by atoms with Gasteiger partial charge in [0, 0.05) is 12.6 Å². The van der Waals surface area contributed by atoms with E-state index in [2.05, 4.69) is 81.3 Å². The summed E-state index contributed by atoms with van der Waals surface area (Å²) in [5.74, 6) is 0. The number of nitrogens with zero attached hydrogens (tertiary/aromatic N) is 1. The van der Waals surface area contributed by atoms with Crippen LogP contribution in [0.4, 0.5) is 0 Å². The molecule has 22 heavy (non-hydrogen) atoms. The smallest absolute Gasteiger partial charge is 0.0605 e. The molecule has 0 aromatic heterocycles. The van der Waals surface area contributed by atoms with Gasteiger partial charge in [0.2, 0.25) is 0 Å². The van der Waals surface area contributed by atoms with Gasteiger partial charge in [0.15, 0.2) is 0 Å². The summed E-state index contributed by atoms with van der Waals surface area (Å²) in [5.41, 5.74) is 0.344. The van der Waals surface area contributed by atoms with Gasteiger partial charge in [-0.05, 0) is 97.2 Å². The highest BCUT2D eigenvalue weighted by molar-refractivity contribution is 4.68. The van der Waals surface area contributed by atoms with Crippen LogP contribution in [0.2, 0.25) is 0 Å². The first-order chi connectivity index (χ1) is 9.21. The third-order valence-corrected chi connectivity index (χ3v) is 2.57. The summed E-state index contributed by atoms with van der Waals surface area (Å²) in [6.45, 7) is 25.0. The number of hydrogen-bond acceptors (Lipinski definition) is 3. The molecule has 0 aliphatic rings. The van der Waals surface area contributed by atoms with E-state index in [1.165, 1.54) is 0 Å². The van der Waals surface area contributed by atoms with Gasteiger partial charge in [0.1, 0.15) is 0 Å². The van der Waals surface area contributed by atoms with Gasteiger partial charge in [0.25, 0.3) is 0 Å². The molecular weight excluding hydrogens is 274 g/mol. The quantitative estimate of drug-likeness (QED) is 0.598. The van der Waals surface area contributed by atoms with E-state index in [0.717, 1.165) is 0 Å². The SMILES string of the molecule is CC(C)(C)OC(C)(C)C.CN(C)C(C)(C)C.COC(C)(C)C. The zero-order valence-corrected chi connectivity index (χ0v) is 18.3. The van der Waals surface area contributed by atoms with Crippen molar-refractivity contribution in [1.82, 2.24) is 4.90 Å². The third kappa shape index (κ3) is 32.0. The van der Waals surface area contributed by atoms with Crippen molar-refractivity contribution in [2.75, 3.05) is 21.2 Å². The first-order valence-electron chi connectivity index (χ1n) is 8.14. The number of ether oxygens (including phenoxy) is 2. The maximum Gasteiger partial charge on any atom is 0.0605 e. The predicted octanol–water partition coefficient (Wildman–Crippen LogP) is 5.38. The highest BCUT2D eigenvalue weighted by atomic mass is 16.5. The predicted molar refractivity (Wildman–Crippen MR) is 101 cm³/mol. The molecule has 0 aliphatic heterocycles. The van der Waals surface area contributed by atoms with Crippen molar-refractivity contribution < 1.29 is 9.47 Å². The molecule has 3 heteroatoms. The Hall–Kier alpha value is -0.120. The van der Waals surface area contributed by atoms with Gasteiger partial charge in [-0.15, -0.1) is 0 Å². The highest BCUT2D eigenvalue weighted by Gasteiger charge is 2.19. The first kappa shape index (κ1) is 26.8. The van der Waals surface area contributed by atoms with Crippen molar-refractivity contribution in [2.45, 2.75) is 105 Å². The minimum atomic E-state index is -0.0156. The molecule has 0 heterocycles. The maximum absolute atomic E-state index is 5.62. The van der Waals surface area contributed by atoms with Gasteiger partial charge < -0.3 is 14.4 Å². The second-order valence-electron chi connectivity index (χ2n) is 9.71. The van der Waals surface area contributed by atoms with Crippen LogP contribution < -0.4 is 0 Å². The molecule has 0 N–H and O–H groups in total. The molecule has 0 unspecified atom stereocenters. The summed E-state index contributed by atoms with van der Waals surface area (Å²) >= 11 is 0. The minimum absolute atomic E-state index is 0.0156. The molecule has 0 aliphatic carbocycles. The Morgan fingerprint density at radius 3 is 0.727 bits per heavy atom. The lowest BCUT2D eigenvalue weighted by molar-refractivity contribution is -0.102. The first-order valence-corrected chi connectivity index (χ1v) is 8.14. The molecule has 0 rings (SSSR count). The van der Waals surface area contributed by atoms with Crippen LogP contribution in [0.1, 0.15) is 83.1 Å².